The van der Waals surface area contributed by atoms with Crippen molar-refractivity contribution in [3.63, 3.8) is 0 Å². The van der Waals surface area contributed by atoms with Crippen LogP contribution in [-0.2, 0) is 0 Å². The van der Waals surface area contributed by atoms with Crippen LogP contribution in [0.5, 0.6) is 0 Å². The summed E-state index contributed by atoms with van der Waals surface area (Å²) in [5.74, 6) is -0.0181. The van der Waals surface area contributed by atoms with Gasteiger partial charge in [-0.05, 0) is 61.5 Å². The van der Waals surface area contributed by atoms with Gasteiger partial charge in [0, 0.05) is 25.3 Å². The van der Waals surface area contributed by atoms with E-state index in [1.165, 1.54) is 11.1 Å². The second-order valence-electron chi connectivity index (χ2n) is 5.95. The Morgan fingerprint density at radius 2 is 1.71 bits per heavy atom. The summed E-state index contributed by atoms with van der Waals surface area (Å²) in [7, 11) is 3.47. The summed E-state index contributed by atoms with van der Waals surface area (Å²) in [6, 6.07) is 15.6. The molecule has 24 heavy (non-hydrogen) atoms. The quantitative estimate of drug-likeness (QED) is 0.832. The topological polar surface area (TPSA) is 44.4 Å². The first kappa shape index (κ1) is 17.9. The number of carbonyl (C=O) groups excluding carboxylic acids is 1. The largest absolute Gasteiger partial charge is 0.356 e. The molecule has 0 radical (unpaired) electrons. The molecule has 1 amide bonds. The molecule has 0 saturated heterocycles. The van der Waals surface area contributed by atoms with Gasteiger partial charge >= 0.3 is 0 Å². The van der Waals surface area contributed by atoms with E-state index in [-0.39, 0.29) is 11.9 Å². The van der Waals surface area contributed by atoms with E-state index in [9.17, 15) is 4.79 Å². The summed E-state index contributed by atoms with van der Waals surface area (Å²) in [5, 5.41) is 6.99. The standard InChI is InChI=1S/C19H23N3OS/c1-13-7-5-6-8-17(13)14(2)20-19(24)21-16-11-9-15(10-12-16)18(23)22(3)4/h5-12,14H,1-4H3,(H2,20,21,24). The van der Waals surface area contributed by atoms with Gasteiger partial charge in [-0.25, -0.2) is 0 Å². The van der Waals surface area contributed by atoms with Crippen molar-refractivity contribution < 1.29 is 4.79 Å². The van der Waals surface area contributed by atoms with Crippen LogP contribution in [0.2, 0.25) is 0 Å². The number of hydrogen-bond donors (Lipinski definition) is 2. The van der Waals surface area contributed by atoms with Crippen LogP contribution in [0.15, 0.2) is 48.5 Å². The molecule has 1 unspecified atom stereocenters. The monoisotopic (exact) mass is 341 g/mol. The molecule has 2 rings (SSSR count). The molecule has 0 aliphatic carbocycles. The zero-order valence-electron chi connectivity index (χ0n) is 14.5. The lowest BCUT2D eigenvalue weighted by Crippen LogP contribution is -2.31. The van der Waals surface area contributed by atoms with Gasteiger partial charge in [0.25, 0.3) is 5.91 Å². The van der Waals surface area contributed by atoms with Crippen LogP contribution in [-0.4, -0.2) is 30.0 Å². The number of thiocarbonyl (C=S) groups is 1. The van der Waals surface area contributed by atoms with Crippen LogP contribution in [0.1, 0.15) is 34.5 Å². The van der Waals surface area contributed by atoms with Crippen LogP contribution in [0.25, 0.3) is 0 Å². The number of hydrogen-bond acceptors (Lipinski definition) is 2. The number of aryl methyl sites for hydroxylation is 1. The van der Waals surface area contributed by atoms with Gasteiger partial charge < -0.3 is 15.5 Å². The fraction of sp³-hybridized carbons (Fsp3) is 0.263. The maximum Gasteiger partial charge on any atom is 0.253 e. The van der Waals surface area contributed by atoms with Gasteiger partial charge in [0.2, 0.25) is 0 Å². The van der Waals surface area contributed by atoms with E-state index in [0.29, 0.717) is 10.7 Å². The highest BCUT2D eigenvalue weighted by molar-refractivity contribution is 7.80. The zero-order chi connectivity index (χ0) is 17.7. The van der Waals surface area contributed by atoms with Gasteiger partial charge in [-0.3, -0.25) is 4.79 Å². The van der Waals surface area contributed by atoms with E-state index in [2.05, 4.69) is 36.6 Å². The van der Waals surface area contributed by atoms with Crippen molar-refractivity contribution in [2.24, 2.45) is 0 Å². The van der Waals surface area contributed by atoms with E-state index in [4.69, 9.17) is 12.2 Å². The van der Waals surface area contributed by atoms with Crippen molar-refractivity contribution in [2.75, 3.05) is 19.4 Å². The number of anilines is 1. The highest BCUT2D eigenvalue weighted by atomic mass is 32.1. The van der Waals surface area contributed by atoms with Gasteiger partial charge in [0.1, 0.15) is 0 Å². The average Bonchev–Trinajstić information content (AvgIpc) is 2.55. The van der Waals surface area contributed by atoms with E-state index in [1.807, 2.05) is 24.3 Å². The fourth-order valence-corrected chi connectivity index (χ4v) is 2.76. The number of rotatable bonds is 4. The van der Waals surface area contributed by atoms with Gasteiger partial charge in [0.05, 0.1) is 6.04 Å². The molecule has 0 aromatic heterocycles. The van der Waals surface area contributed by atoms with Crippen molar-refractivity contribution in [3.05, 3.63) is 65.2 Å². The minimum atomic E-state index is -0.0181. The summed E-state index contributed by atoms with van der Waals surface area (Å²) >= 11 is 5.38. The van der Waals surface area contributed by atoms with Gasteiger partial charge in [-0.1, -0.05) is 24.3 Å². The van der Waals surface area contributed by atoms with E-state index < -0.39 is 0 Å². The molecule has 126 valence electrons. The minimum absolute atomic E-state index is 0.0181. The molecule has 0 heterocycles. The molecule has 0 fully saturated rings. The minimum Gasteiger partial charge on any atom is -0.356 e. The Morgan fingerprint density at radius 3 is 2.29 bits per heavy atom. The highest BCUT2D eigenvalue weighted by Gasteiger charge is 2.10. The van der Waals surface area contributed by atoms with E-state index in [0.717, 1.165) is 5.69 Å². The van der Waals surface area contributed by atoms with Crippen molar-refractivity contribution in [2.45, 2.75) is 19.9 Å². The van der Waals surface area contributed by atoms with Crippen molar-refractivity contribution in [1.82, 2.24) is 10.2 Å². The third kappa shape index (κ3) is 4.55. The number of nitrogens with one attached hydrogen (secondary N) is 2. The SMILES string of the molecule is Cc1ccccc1C(C)NC(=S)Nc1ccc(C(=O)N(C)C)cc1. The Morgan fingerprint density at radius 1 is 1.08 bits per heavy atom. The molecule has 1 atom stereocenters. The summed E-state index contributed by atoms with van der Waals surface area (Å²) in [4.78, 5) is 13.4. The van der Waals surface area contributed by atoms with Gasteiger partial charge in [0.15, 0.2) is 5.11 Å². The molecule has 0 spiro atoms. The lowest BCUT2D eigenvalue weighted by molar-refractivity contribution is 0.0827. The molecule has 0 aliphatic rings. The summed E-state index contributed by atoms with van der Waals surface area (Å²) in [6.07, 6.45) is 0. The van der Waals surface area contributed by atoms with Crippen molar-refractivity contribution >= 4 is 28.9 Å². The maximum atomic E-state index is 11.9. The summed E-state index contributed by atoms with van der Waals surface area (Å²) < 4.78 is 0. The first-order valence-corrected chi connectivity index (χ1v) is 8.24. The summed E-state index contributed by atoms with van der Waals surface area (Å²) in [6.45, 7) is 4.17. The molecule has 0 bridgehead atoms. The number of nitrogens with zero attached hydrogens (tertiary/aromatic N) is 1. The zero-order valence-corrected chi connectivity index (χ0v) is 15.3. The molecule has 2 aromatic rings. The smallest absolute Gasteiger partial charge is 0.253 e. The highest BCUT2D eigenvalue weighted by Crippen LogP contribution is 2.17. The molecule has 2 aromatic carbocycles. The van der Waals surface area contributed by atoms with E-state index >= 15 is 0 Å². The third-order valence-electron chi connectivity index (χ3n) is 3.80. The first-order chi connectivity index (χ1) is 11.4. The predicted octanol–water partition coefficient (Wildman–Crippen LogP) is 3.74. The Balaban J connectivity index is 1.97. The second kappa shape index (κ2) is 7.93. The summed E-state index contributed by atoms with van der Waals surface area (Å²) in [5.41, 5.74) is 3.94. The van der Waals surface area contributed by atoms with Crippen molar-refractivity contribution in [1.29, 1.82) is 0 Å². The maximum absolute atomic E-state index is 11.9. The Bertz CT molecular complexity index is 726. The van der Waals surface area contributed by atoms with Crippen LogP contribution in [0.3, 0.4) is 0 Å². The molecule has 0 saturated carbocycles. The molecule has 0 aliphatic heterocycles. The van der Waals surface area contributed by atoms with Crippen LogP contribution in [0.4, 0.5) is 5.69 Å². The number of amides is 1. The van der Waals surface area contributed by atoms with Crippen LogP contribution in [0, 0.1) is 6.92 Å². The van der Waals surface area contributed by atoms with Gasteiger partial charge in [-0.15, -0.1) is 0 Å². The van der Waals surface area contributed by atoms with Crippen molar-refractivity contribution in [3.8, 4) is 0 Å². The lowest BCUT2D eigenvalue weighted by Gasteiger charge is -2.19. The fourth-order valence-electron chi connectivity index (χ4n) is 2.47. The molecular weight excluding hydrogens is 318 g/mol. The Kier molecular flexibility index (Phi) is 5.93. The molecule has 4 nitrogen and oxygen atoms in total. The number of benzene rings is 2. The van der Waals surface area contributed by atoms with Gasteiger partial charge in [-0.2, -0.15) is 0 Å². The molecular formula is C19H23N3OS. The molecule has 5 heteroatoms. The lowest BCUT2D eigenvalue weighted by atomic mass is 10.0. The Hall–Kier alpha value is -2.40. The molecule has 2 N–H and O–H groups in total. The first-order valence-electron chi connectivity index (χ1n) is 7.83. The number of carbonyl (C=O) groups is 1. The Labute approximate surface area is 148 Å². The van der Waals surface area contributed by atoms with Crippen LogP contribution >= 0.6 is 12.2 Å². The third-order valence-corrected chi connectivity index (χ3v) is 4.02. The normalized spacial score (nSPS) is 11.5. The van der Waals surface area contributed by atoms with Crippen LogP contribution < -0.4 is 10.6 Å². The average molecular weight is 341 g/mol. The van der Waals surface area contributed by atoms with E-state index in [1.54, 1.807) is 31.1 Å². The predicted molar refractivity (Wildman–Crippen MR) is 103 cm³/mol. The second-order valence-corrected chi connectivity index (χ2v) is 6.36.